The maximum absolute atomic E-state index is 10.1. The van der Waals surface area contributed by atoms with Crippen LogP contribution in [0, 0.1) is 0 Å². The van der Waals surface area contributed by atoms with Gasteiger partial charge in [-0.1, -0.05) is 72.3 Å². The molecule has 0 radical (unpaired) electrons. The van der Waals surface area contributed by atoms with Gasteiger partial charge in [0.1, 0.15) is 0 Å². The van der Waals surface area contributed by atoms with Crippen LogP contribution in [0.5, 0.6) is 0 Å². The van der Waals surface area contributed by atoms with E-state index in [2.05, 4.69) is 54.6 Å². The summed E-state index contributed by atoms with van der Waals surface area (Å²) in [4.78, 5) is 0. The standard InChI is InChI=1S/C22H21ClO/c1-16(24)22(19-11-13-21(23)14-12-19)8-4-5-17-9-10-18-6-2-3-7-20(18)15-17/h2-7,9-16,22,24H,8H2,1H3/b5-4+. The predicted molar refractivity (Wildman–Crippen MR) is 103 cm³/mol. The molecule has 2 heteroatoms. The van der Waals surface area contributed by atoms with Gasteiger partial charge in [-0.15, -0.1) is 0 Å². The van der Waals surface area contributed by atoms with Gasteiger partial charge in [-0.3, -0.25) is 0 Å². The van der Waals surface area contributed by atoms with Gasteiger partial charge in [0.15, 0.2) is 0 Å². The van der Waals surface area contributed by atoms with Crippen molar-refractivity contribution in [2.45, 2.75) is 25.4 Å². The van der Waals surface area contributed by atoms with Crippen LogP contribution in [0.4, 0.5) is 0 Å². The Morgan fingerprint density at radius 3 is 2.38 bits per heavy atom. The lowest BCUT2D eigenvalue weighted by Crippen LogP contribution is -2.13. The van der Waals surface area contributed by atoms with Crippen LogP contribution in [0.1, 0.15) is 30.4 Å². The monoisotopic (exact) mass is 336 g/mol. The van der Waals surface area contributed by atoms with Gasteiger partial charge >= 0.3 is 0 Å². The molecule has 0 heterocycles. The highest BCUT2D eigenvalue weighted by atomic mass is 35.5. The maximum atomic E-state index is 10.1. The van der Waals surface area contributed by atoms with E-state index in [1.165, 1.54) is 16.3 Å². The minimum atomic E-state index is -0.410. The third-order valence-electron chi connectivity index (χ3n) is 4.35. The van der Waals surface area contributed by atoms with E-state index in [0.717, 1.165) is 17.0 Å². The van der Waals surface area contributed by atoms with Gasteiger partial charge in [0.25, 0.3) is 0 Å². The molecule has 0 amide bonds. The van der Waals surface area contributed by atoms with Crippen LogP contribution in [-0.2, 0) is 0 Å². The number of rotatable bonds is 5. The van der Waals surface area contributed by atoms with E-state index in [0.29, 0.717) is 0 Å². The Kier molecular flexibility index (Phi) is 5.34. The summed E-state index contributed by atoms with van der Waals surface area (Å²) in [5, 5.41) is 13.3. The first-order chi connectivity index (χ1) is 11.6. The van der Waals surface area contributed by atoms with Gasteiger partial charge < -0.3 is 5.11 Å². The van der Waals surface area contributed by atoms with Crippen molar-refractivity contribution in [3.05, 3.63) is 89.0 Å². The zero-order chi connectivity index (χ0) is 16.9. The number of aliphatic hydroxyl groups is 1. The molecule has 0 fully saturated rings. The lowest BCUT2D eigenvalue weighted by molar-refractivity contribution is 0.163. The molecule has 0 aliphatic heterocycles. The van der Waals surface area contributed by atoms with E-state index in [9.17, 15) is 5.11 Å². The molecular weight excluding hydrogens is 316 g/mol. The molecule has 3 aromatic carbocycles. The van der Waals surface area contributed by atoms with Crippen LogP contribution >= 0.6 is 11.6 Å². The summed E-state index contributed by atoms with van der Waals surface area (Å²) in [7, 11) is 0. The third kappa shape index (κ3) is 4.05. The minimum Gasteiger partial charge on any atom is -0.393 e. The molecule has 0 saturated carbocycles. The average molecular weight is 337 g/mol. The van der Waals surface area contributed by atoms with E-state index in [4.69, 9.17) is 11.6 Å². The normalized spacial score (nSPS) is 14.1. The number of hydrogen-bond acceptors (Lipinski definition) is 1. The molecule has 1 nitrogen and oxygen atoms in total. The smallest absolute Gasteiger partial charge is 0.0583 e. The topological polar surface area (TPSA) is 20.2 Å². The first-order valence-corrected chi connectivity index (χ1v) is 8.60. The van der Waals surface area contributed by atoms with Crippen LogP contribution in [0.15, 0.2) is 72.8 Å². The SMILES string of the molecule is CC(O)C(C/C=C/c1ccc2ccccc2c1)c1ccc(Cl)cc1. The van der Waals surface area contributed by atoms with Crippen LogP contribution in [-0.4, -0.2) is 11.2 Å². The number of halogens is 1. The summed E-state index contributed by atoms with van der Waals surface area (Å²) in [6.45, 7) is 1.84. The van der Waals surface area contributed by atoms with Gasteiger partial charge in [-0.05, 0) is 53.4 Å². The van der Waals surface area contributed by atoms with Crippen LogP contribution in [0.3, 0.4) is 0 Å². The fourth-order valence-electron chi connectivity index (χ4n) is 2.98. The Hall–Kier alpha value is -2.09. The van der Waals surface area contributed by atoms with E-state index in [1.54, 1.807) is 0 Å². The molecule has 0 aromatic heterocycles. The second-order valence-electron chi connectivity index (χ2n) is 6.14. The highest BCUT2D eigenvalue weighted by Crippen LogP contribution is 2.26. The van der Waals surface area contributed by atoms with E-state index >= 15 is 0 Å². The highest BCUT2D eigenvalue weighted by molar-refractivity contribution is 6.30. The van der Waals surface area contributed by atoms with Gasteiger partial charge in [0, 0.05) is 10.9 Å². The van der Waals surface area contributed by atoms with Crippen LogP contribution < -0.4 is 0 Å². The lowest BCUT2D eigenvalue weighted by Gasteiger charge is -2.18. The highest BCUT2D eigenvalue weighted by Gasteiger charge is 2.15. The number of benzene rings is 3. The largest absolute Gasteiger partial charge is 0.393 e. The van der Waals surface area contributed by atoms with Crippen molar-refractivity contribution < 1.29 is 5.11 Å². The van der Waals surface area contributed by atoms with Crippen molar-refractivity contribution in [2.75, 3.05) is 0 Å². The predicted octanol–water partition coefficient (Wildman–Crippen LogP) is 6.06. The van der Waals surface area contributed by atoms with Crippen LogP contribution in [0.2, 0.25) is 5.02 Å². The molecule has 0 aliphatic carbocycles. The summed E-state index contributed by atoms with van der Waals surface area (Å²) < 4.78 is 0. The van der Waals surface area contributed by atoms with Crippen molar-refractivity contribution >= 4 is 28.4 Å². The molecular formula is C22H21ClO. The second kappa shape index (κ2) is 7.65. The average Bonchev–Trinajstić information content (AvgIpc) is 2.59. The molecule has 0 saturated heterocycles. The summed E-state index contributed by atoms with van der Waals surface area (Å²) in [5.41, 5.74) is 2.28. The first-order valence-electron chi connectivity index (χ1n) is 8.22. The Balaban J connectivity index is 1.75. The van der Waals surface area contributed by atoms with E-state index in [-0.39, 0.29) is 5.92 Å². The van der Waals surface area contributed by atoms with Crippen molar-refractivity contribution in [3.8, 4) is 0 Å². The van der Waals surface area contributed by atoms with Gasteiger partial charge in [0.2, 0.25) is 0 Å². The number of fused-ring (bicyclic) bond motifs is 1. The van der Waals surface area contributed by atoms with E-state index in [1.807, 2.05) is 31.2 Å². The fraction of sp³-hybridized carbons (Fsp3) is 0.182. The van der Waals surface area contributed by atoms with Gasteiger partial charge in [-0.2, -0.15) is 0 Å². The molecule has 24 heavy (non-hydrogen) atoms. The molecule has 122 valence electrons. The molecule has 1 N–H and O–H groups in total. The zero-order valence-electron chi connectivity index (χ0n) is 13.7. The van der Waals surface area contributed by atoms with E-state index < -0.39 is 6.10 Å². The quantitative estimate of drug-likeness (QED) is 0.600. The molecule has 2 unspecified atom stereocenters. The van der Waals surface area contributed by atoms with Crippen molar-refractivity contribution in [2.24, 2.45) is 0 Å². The summed E-state index contributed by atoms with van der Waals surface area (Å²) in [6.07, 6.45) is 4.63. The Bertz CT molecular complexity index is 834. The number of aliphatic hydroxyl groups excluding tert-OH is 1. The van der Waals surface area contributed by atoms with Crippen molar-refractivity contribution in [3.63, 3.8) is 0 Å². The molecule has 3 aromatic rings. The molecule has 0 spiro atoms. The lowest BCUT2D eigenvalue weighted by atomic mass is 9.91. The first kappa shape index (κ1) is 16.8. The number of allylic oxidation sites excluding steroid dienone is 1. The zero-order valence-corrected chi connectivity index (χ0v) is 14.4. The fourth-order valence-corrected chi connectivity index (χ4v) is 3.11. The van der Waals surface area contributed by atoms with Crippen molar-refractivity contribution in [1.82, 2.24) is 0 Å². The molecule has 0 bridgehead atoms. The summed E-state index contributed by atoms with van der Waals surface area (Å²) in [6, 6.07) is 22.5. The maximum Gasteiger partial charge on any atom is 0.0583 e. The molecule has 2 atom stereocenters. The van der Waals surface area contributed by atoms with Gasteiger partial charge in [0.05, 0.1) is 6.10 Å². The summed E-state index contributed by atoms with van der Waals surface area (Å²) in [5.74, 6) is 0.0685. The van der Waals surface area contributed by atoms with Crippen LogP contribution in [0.25, 0.3) is 16.8 Å². The Morgan fingerprint density at radius 1 is 0.958 bits per heavy atom. The second-order valence-corrected chi connectivity index (χ2v) is 6.58. The molecule has 0 aliphatic rings. The third-order valence-corrected chi connectivity index (χ3v) is 4.61. The Labute approximate surface area is 148 Å². The van der Waals surface area contributed by atoms with Gasteiger partial charge in [-0.25, -0.2) is 0 Å². The van der Waals surface area contributed by atoms with Crippen molar-refractivity contribution in [1.29, 1.82) is 0 Å². The molecule has 3 rings (SSSR count). The Morgan fingerprint density at radius 2 is 1.67 bits per heavy atom. The minimum absolute atomic E-state index is 0.0685. The number of hydrogen-bond donors (Lipinski definition) is 1. The summed E-state index contributed by atoms with van der Waals surface area (Å²) >= 11 is 5.95.